The maximum Gasteiger partial charge on any atom is 0.338 e. The first-order valence-electron chi connectivity index (χ1n) is 10.8. The number of rotatable bonds is 7. The highest BCUT2D eigenvalue weighted by molar-refractivity contribution is 6.53. The molecule has 182 valence electrons. The summed E-state index contributed by atoms with van der Waals surface area (Å²) in [5, 5.41) is 14.7. The number of hydrogen-bond acceptors (Lipinski definition) is 7. The quantitative estimate of drug-likeness (QED) is 0.323. The summed E-state index contributed by atoms with van der Waals surface area (Å²) in [6.07, 6.45) is 0. The van der Waals surface area contributed by atoms with Gasteiger partial charge in [-0.25, -0.2) is 9.69 Å². The Balaban J connectivity index is 1.45. The summed E-state index contributed by atoms with van der Waals surface area (Å²) in [4.78, 5) is 50.9. The van der Waals surface area contributed by atoms with Crippen LogP contribution in [0.2, 0.25) is 0 Å². The molecule has 3 N–H and O–H groups in total. The summed E-state index contributed by atoms with van der Waals surface area (Å²) in [6, 6.07) is 18.1. The average Bonchev–Trinajstić information content (AvgIpc) is 3.07. The minimum Gasteiger partial charge on any atom is -0.508 e. The lowest BCUT2D eigenvalue weighted by atomic mass is 10.2. The Morgan fingerprint density at radius 1 is 0.917 bits per heavy atom. The van der Waals surface area contributed by atoms with Crippen LogP contribution < -0.4 is 15.5 Å². The number of nitrogens with one attached hydrogen (secondary N) is 2. The summed E-state index contributed by atoms with van der Waals surface area (Å²) in [5.74, 6) is -2.26. The van der Waals surface area contributed by atoms with Crippen LogP contribution in [0.5, 0.6) is 5.75 Å². The molecule has 3 amide bonds. The van der Waals surface area contributed by atoms with E-state index in [1.807, 2.05) is 0 Å². The van der Waals surface area contributed by atoms with Gasteiger partial charge in [-0.15, -0.1) is 0 Å². The van der Waals surface area contributed by atoms with E-state index in [9.17, 15) is 24.3 Å². The zero-order chi connectivity index (χ0) is 25.8. The zero-order valence-electron chi connectivity index (χ0n) is 18.9. The highest BCUT2D eigenvalue weighted by atomic mass is 35.5. The molecule has 3 aromatic carbocycles. The van der Waals surface area contributed by atoms with Crippen LogP contribution in [0.3, 0.4) is 0 Å². The molecular weight excluding hydrogens is 486 g/mol. The number of amides is 3. The molecule has 0 atom stereocenters. The maximum atomic E-state index is 13.0. The van der Waals surface area contributed by atoms with Gasteiger partial charge in [-0.3, -0.25) is 14.4 Å². The molecule has 4 rings (SSSR count). The topological polar surface area (TPSA) is 125 Å². The van der Waals surface area contributed by atoms with E-state index in [1.54, 1.807) is 31.2 Å². The van der Waals surface area contributed by atoms with Crippen molar-refractivity contribution in [2.75, 3.05) is 22.1 Å². The number of phenols is 1. The van der Waals surface area contributed by atoms with Gasteiger partial charge in [-0.1, -0.05) is 17.7 Å². The molecule has 0 radical (unpaired) electrons. The number of carbonyl (C=O) groups excluding carboxylic acids is 4. The fourth-order valence-corrected chi connectivity index (χ4v) is 3.66. The lowest BCUT2D eigenvalue weighted by molar-refractivity contribution is -0.120. The lowest BCUT2D eigenvalue weighted by Gasteiger charge is -2.15. The number of benzene rings is 3. The van der Waals surface area contributed by atoms with E-state index < -0.39 is 23.7 Å². The van der Waals surface area contributed by atoms with E-state index in [4.69, 9.17) is 16.3 Å². The summed E-state index contributed by atoms with van der Waals surface area (Å²) in [6.45, 7) is 1.91. The molecule has 0 aliphatic carbocycles. The highest BCUT2D eigenvalue weighted by Crippen LogP contribution is 2.30. The van der Waals surface area contributed by atoms with Crippen LogP contribution in [0.4, 0.5) is 17.1 Å². The van der Waals surface area contributed by atoms with Gasteiger partial charge in [0.2, 0.25) is 0 Å². The predicted molar refractivity (Wildman–Crippen MR) is 134 cm³/mol. The van der Waals surface area contributed by atoms with E-state index in [1.165, 1.54) is 48.5 Å². The first kappa shape index (κ1) is 24.5. The molecule has 0 fully saturated rings. The number of nitrogens with zero attached hydrogens (tertiary/aromatic N) is 1. The first-order valence-corrected chi connectivity index (χ1v) is 11.2. The minimum atomic E-state index is -0.713. The van der Waals surface area contributed by atoms with Crippen molar-refractivity contribution >= 4 is 52.4 Å². The van der Waals surface area contributed by atoms with Crippen LogP contribution in [0.25, 0.3) is 0 Å². The smallest absolute Gasteiger partial charge is 0.338 e. The second-order valence-electron chi connectivity index (χ2n) is 7.61. The van der Waals surface area contributed by atoms with Gasteiger partial charge in [0.15, 0.2) is 0 Å². The van der Waals surface area contributed by atoms with Gasteiger partial charge in [0.05, 0.1) is 17.9 Å². The SMILES string of the molecule is CCOC(=O)c1ccc(N2C(=O)C(Cl)=C(Nc3ccc(C(=O)Nc4cccc(O)c4)cc3)C2=O)cc1. The van der Waals surface area contributed by atoms with Crippen molar-refractivity contribution in [2.24, 2.45) is 0 Å². The van der Waals surface area contributed by atoms with Crippen molar-refractivity contribution in [3.05, 3.63) is 94.7 Å². The van der Waals surface area contributed by atoms with E-state index in [0.29, 0.717) is 16.9 Å². The van der Waals surface area contributed by atoms with Gasteiger partial charge in [0, 0.05) is 23.0 Å². The standard InChI is InChI=1S/C26H20ClN3O6/c1-2-36-26(35)16-8-12-19(13-9-16)30-24(33)21(27)22(25(30)34)28-17-10-6-15(7-11-17)23(32)29-18-4-3-5-20(31)14-18/h3-14,28,31H,2H2,1H3,(H,29,32). The van der Waals surface area contributed by atoms with Crippen molar-refractivity contribution < 1.29 is 29.0 Å². The Hall–Kier alpha value is -4.63. The molecule has 1 heterocycles. The zero-order valence-corrected chi connectivity index (χ0v) is 19.7. The molecule has 36 heavy (non-hydrogen) atoms. The minimum absolute atomic E-state index is 0.0252. The van der Waals surface area contributed by atoms with Crippen LogP contribution in [0.1, 0.15) is 27.6 Å². The Bertz CT molecular complexity index is 1380. The Labute approximate surface area is 210 Å². The molecule has 10 heteroatoms. The molecule has 0 unspecified atom stereocenters. The van der Waals surface area contributed by atoms with Gasteiger partial charge in [-0.05, 0) is 67.6 Å². The summed E-state index contributed by atoms with van der Waals surface area (Å²) in [5.41, 5.74) is 1.61. The summed E-state index contributed by atoms with van der Waals surface area (Å²) in [7, 11) is 0. The van der Waals surface area contributed by atoms with Crippen LogP contribution in [0, 0.1) is 0 Å². The first-order chi connectivity index (χ1) is 17.3. The lowest BCUT2D eigenvalue weighted by Crippen LogP contribution is -2.32. The molecule has 0 aromatic heterocycles. The largest absolute Gasteiger partial charge is 0.508 e. The second kappa shape index (κ2) is 10.3. The number of esters is 1. The van der Waals surface area contributed by atoms with E-state index >= 15 is 0 Å². The fraction of sp³-hybridized carbons (Fsp3) is 0.0769. The van der Waals surface area contributed by atoms with E-state index in [2.05, 4.69) is 10.6 Å². The van der Waals surface area contributed by atoms with Gasteiger partial charge >= 0.3 is 5.97 Å². The number of ether oxygens (including phenoxy) is 1. The van der Waals surface area contributed by atoms with Crippen molar-refractivity contribution in [3.8, 4) is 5.75 Å². The number of carbonyl (C=O) groups is 4. The number of hydrogen-bond donors (Lipinski definition) is 3. The number of anilines is 3. The van der Waals surface area contributed by atoms with Gasteiger partial charge < -0.3 is 20.5 Å². The van der Waals surface area contributed by atoms with Crippen LogP contribution in [-0.2, 0) is 14.3 Å². The normalized spacial score (nSPS) is 13.1. The van der Waals surface area contributed by atoms with Crippen molar-refractivity contribution in [3.63, 3.8) is 0 Å². The molecule has 1 aliphatic rings. The number of imide groups is 1. The Kier molecular flexibility index (Phi) is 7.03. The number of halogens is 1. The van der Waals surface area contributed by atoms with E-state index in [0.717, 1.165) is 4.90 Å². The Morgan fingerprint density at radius 3 is 2.22 bits per heavy atom. The summed E-state index contributed by atoms with van der Waals surface area (Å²) >= 11 is 6.17. The van der Waals surface area contributed by atoms with Gasteiger partial charge in [0.25, 0.3) is 17.7 Å². The average molecular weight is 506 g/mol. The maximum absolute atomic E-state index is 13.0. The summed E-state index contributed by atoms with van der Waals surface area (Å²) < 4.78 is 4.93. The van der Waals surface area contributed by atoms with Crippen molar-refractivity contribution in [2.45, 2.75) is 6.92 Å². The van der Waals surface area contributed by atoms with Gasteiger partial charge in [-0.2, -0.15) is 0 Å². The predicted octanol–water partition coefficient (Wildman–Crippen LogP) is 4.26. The number of aromatic hydroxyl groups is 1. The number of phenolic OH excluding ortho intramolecular Hbond substituents is 1. The van der Waals surface area contributed by atoms with Gasteiger partial charge in [0.1, 0.15) is 16.5 Å². The molecule has 0 saturated heterocycles. The molecule has 3 aromatic rings. The van der Waals surface area contributed by atoms with Crippen LogP contribution in [-0.4, -0.2) is 35.4 Å². The van der Waals surface area contributed by atoms with Crippen molar-refractivity contribution in [1.29, 1.82) is 0 Å². The molecule has 9 nitrogen and oxygen atoms in total. The molecule has 0 spiro atoms. The van der Waals surface area contributed by atoms with Crippen LogP contribution in [0.15, 0.2) is 83.5 Å². The third-order valence-corrected chi connectivity index (χ3v) is 5.54. The molecule has 1 aliphatic heterocycles. The third kappa shape index (κ3) is 5.06. The second-order valence-corrected chi connectivity index (χ2v) is 7.99. The van der Waals surface area contributed by atoms with Crippen LogP contribution >= 0.6 is 11.6 Å². The highest BCUT2D eigenvalue weighted by Gasteiger charge is 2.39. The Morgan fingerprint density at radius 2 is 1.58 bits per heavy atom. The molecule has 0 saturated carbocycles. The van der Waals surface area contributed by atoms with E-state index in [-0.39, 0.29) is 34.3 Å². The molecular formula is C26H20ClN3O6. The van der Waals surface area contributed by atoms with Crippen molar-refractivity contribution in [1.82, 2.24) is 0 Å². The fourth-order valence-electron chi connectivity index (χ4n) is 3.44. The molecule has 0 bridgehead atoms. The third-order valence-electron chi connectivity index (χ3n) is 5.18. The monoisotopic (exact) mass is 505 g/mol.